The first-order valence-corrected chi connectivity index (χ1v) is 7.64. The minimum absolute atomic E-state index is 0.0416. The predicted molar refractivity (Wildman–Crippen MR) is 83.3 cm³/mol. The topological polar surface area (TPSA) is 68.2 Å². The summed E-state index contributed by atoms with van der Waals surface area (Å²) in [6.45, 7) is 1.74. The molecule has 1 heterocycles. The molecule has 0 radical (unpaired) electrons. The van der Waals surface area contributed by atoms with E-state index in [1.54, 1.807) is 13.1 Å². The Balaban J connectivity index is 1.98. The van der Waals surface area contributed by atoms with E-state index >= 15 is 0 Å². The molecule has 8 heteroatoms. The number of anilines is 1. The zero-order valence-electron chi connectivity index (χ0n) is 13.3. The summed E-state index contributed by atoms with van der Waals surface area (Å²) >= 11 is 0. The highest BCUT2D eigenvalue weighted by atomic mass is 19.4. The molecule has 2 N–H and O–H groups in total. The van der Waals surface area contributed by atoms with Crippen LogP contribution in [0.15, 0.2) is 18.2 Å². The first kappa shape index (κ1) is 18.1. The Hall–Kier alpha value is -2.27. The van der Waals surface area contributed by atoms with Crippen LogP contribution in [-0.2, 0) is 11.0 Å². The summed E-state index contributed by atoms with van der Waals surface area (Å²) in [5.74, 6) is -0.0525. The van der Waals surface area contributed by atoms with Gasteiger partial charge in [0.1, 0.15) is 0 Å². The normalized spacial score (nSPS) is 16.5. The van der Waals surface area contributed by atoms with Crippen LogP contribution >= 0.6 is 0 Å². The molecule has 0 aromatic heterocycles. The van der Waals surface area contributed by atoms with Gasteiger partial charge in [0.15, 0.2) is 0 Å². The van der Waals surface area contributed by atoms with Gasteiger partial charge in [-0.15, -0.1) is 0 Å². The zero-order valence-corrected chi connectivity index (χ0v) is 13.3. The number of nitrogens with zero attached hydrogens (tertiary/aromatic N) is 2. The van der Waals surface area contributed by atoms with Crippen molar-refractivity contribution in [2.45, 2.75) is 25.1 Å². The Kier molecular flexibility index (Phi) is 5.67. The number of hydrogen-bond acceptors (Lipinski definition) is 4. The molecule has 0 atom stereocenters. The monoisotopic (exact) mass is 340 g/mol. The Bertz CT molecular complexity index is 631. The van der Waals surface area contributed by atoms with E-state index in [9.17, 15) is 18.0 Å². The number of piperidine rings is 1. The third-order valence-corrected chi connectivity index (χ3v) is 4.05. The third-order valence-electron chi connectivity index (χ3n) is 4.05. The van der Waals surface area contributed by atoms with E-state index in [0.717, 1.165) is 18.9 Å². The van der Waals surface area contributed by atoms with Gasteiger partial charge < -0.3 is 10.6 Å². The van der Waals surface area contributed by atoms with Crippen LogP contribution in [0.1, 0.15) is 24.0 Å². The molecule has 0 aliphatic carbocycles. The Morgan fingerprint density at radius 1 is 1.38 bits per heavy atom. The maximum Gasteiger partial charge on any atom is 0.417 e. The minimum Gasteiger partial charge on any atom is -0.382 e. The number of amides is 1. The molecule has 130 valence electrons. The molecule has 0 saturated carbocycles. The Morgan fingerprint density at radius 2 is 2.04 bits per heavy atom. The predicted octanol–water partition coefficient (Wildman–Crippen LogP) is 2.20. The second-order valence-electron chi connectivity index (χ2n) is 5.74. The number of carbonyl (C=O) groups is 1. The van der Waals surface area contributed by atoms with Crippen molar-refractivity contribution in [3.63, 3.8) is 0 Å². The first-order valence-electron chi connectivity index (χ1n) is 7.64. The standard InChI is InChI=1S/C16H19F3N4O/c1-21-15(24)10-23-6-4-12(5-7-23)22-13-3-2-11(9-20)14(8-13)16(17,18)19/h2-3,8,12,22H,4-7,10H2,1H3,(H,21,24). The number of hydrogen-bond donors (Lipinski definition) is 2. The molecule has 1 amide bonds. The molecule has 0 unspecified atom stereocenters. The number of likely N-dealkylation sites (tertiary alicyclic amines) is 1. The largest absolute Gasteiger partial charge is 0.417 e. The lowest BCUT2D eigenvalue weighted by atomic mass is 10.0. The van der Waals surface area contributed by atoms with Crippen molar-refractivity contribution >= 4 is 11.6 Å². The van der Waals surface area contributed by atoms with Crippen LogP contribution in [0.5, 0.6) is 0 Å². The molecule has 1 aromatic carbocycles. The second-order valence-corrected chi connectivity index (χ2v) is 5.74. The molecule has 24 heavy (non-hydrogen) atoms. The van der Waals surface area contributed by atoms with E-state index in [4.69, 9.17) is 5.26 Å². The Morgan fingerprint density at radius 3 is 2.58 bits per heavy atom. The molecule has 1 aliphatic rings. The summed E-state index contributed by atoms with van der Waals surface area (Å²) in [7, 11) is 1.58. The van der Waals surface area contributed by atoms with Gasteiger partial charge in [-0.05, 0) is 31.0 Å². The average molecular weight is 340 g/mol. The Labute approximate surface area is 138 Å². The maximum absolute atomic E-state index is 13.0. The first-order chi connectivity index (χ1) is 11.3. The molecule has 1 fully saturated rings. The van der Waals surface area contributed by atoms with Gasteiger partial charge in [0.2, 0.25) is 5.91 Å². The van der Waals surface area contributed by atoms with Gasteiger partial charge in [0.25, 0.3) is 0 Å². The lowest BCUT2D eigenvalue weighted by Crippen LogP contribution is -2.43. The molecule has 1 aliphatic heterocycles. The van der Waals surface area contributed by atoms with Gasteiger partial charge in [-0.2, -0.15) is 18.4 Å². The minimum atomic E-state index is -4.56. The summed E-state index contributed by atoms with van der Waals surface area (Å²) < 4.78 is 38.9. The summed E-state index contributed by atoms with van der Waals surface area (Å²) in [6.07, 6.45) is -3.09. The number of likely N-dealkylation sites (N-methyl/N-ethyl adjacent to an activating group) is 1. The van der Waals surface area contributed by atoms with Crippen LogP contribution in [0.2, 0.25) is 0 Å². The number of nitrogens with one attached hydrogen (secondary N) is 2. The van der Waals surface area contributed by atoms with Crippen molar-refractivity contribution in [1.29, 1.82) is 5.26 Å². The van der Waals surface area contributed by atoms with Gasteiger partial charge >= 0.3 is 6.18 Å². The van der Waals surface area contributed by atoms with Gasteiger partial charge in [-0.25, -0.2) is 0 Å². The van der Waals surface area contributed by atoms with E-state index in [1.807, 2.05) is 4.90 Å². The van der Waals surface area contributed by atoms with Crippen LogP contribution in [-0.4, -0.2) is 43.5 Å². The summed E-state index contributed by atoms with van der Waals surface area (Å²) in [5, 5.41) is 14.5. The van der Waals surface area contributed by atoms with Crippen molar-refractivity contribution in [3.8, 4) is 6.07 Å². The molecular weight excluding hydrogens is 321 g/mol. The van der Waals surface area contributed by atoms with Crippen molar-refractivity contribution in [3.05, 3.63) is 29.3 Å². The lowest BCUT2D eigenvalue weighted by Gasteiger charge is -2.32. The number of carbonyl (C=O) groups excluding carboxylic acids is 1. The third kappa shape index (κ3) is 4.61. The molecule has 0 spiro atoms. The molecule has 0 bridgehead atoms. The quantitative estimate of drug-likeness (QED) is 0.882. The molecular formula is C16H19F3N4O. The van der Waals surface area contributed by atoms with E-state index in [0.29, 0.717) is 25.3 Å². The molecule has 1 saturated heterocycles. The van der Waals surface area contributed by atoms with Crippen molar-refractivity contribution in [2.24, 2.45) is 0 Å². The number of alkyl halides is 3. The SMILES string of the molecule is CNC(=O)CN1CCC(Nc2ccc(C#N)c(C(F)(F)F)c2)CC1. The average Bonchev–Trinajstić information content (AvgIpc) is 2.55. The van der Waals surface area contributed by atoms with Crippen molar-refractivity contribution < 1.29 is 18.0 Å². The van der Waals surface area contributed by atoms with Crippen LogP contribution in [0.4, 0.5) is 18.9 Å². The van der Waals surface area contributed by atoms with Crippen LogP contribution in [0.25, 0.3) is 0 Å². The number of benzene rings is 1. The summed E-state index contributed by atoms with van der Waals surface area (Å²) in [6, 6.07) is 5.27. The molecule has 1 aromatic rings. The van der Waals surface area contributed by atoms with E-state index in [1.165, 1.54) is 12.1 Å². The summed E-state index contributed by atoms with van der Waals surface area (Å²) in [5.41, 5.74) is -0.952. The van der Waals surface area contributed by atoms with E-state index < -0.39 is 11.7 Å². The lowest BCUT2D eigenvalue weighted by molar-refractivity contribution is -0.137. The summed E-state index contributed by atoms with van der Waals surface area (Å²) in [4.78, 5) is 13.4. The fourth-order valence-corrected chi connectivity index (χ4v) is 2.72. The molecule has 5 nitrogen and oxygen atoms in total. The van der Waals surface area contributed by atoms with Crippen LogP contribution < -0.4 is 10.6 Å². The highest BCUT2D eigenvalue weighted by molar-refractivity contribution is 5.77. The number of nitriles is 1. The maximum atomic E-state index is 13.0. The van der Waals surface area contributed by atoms with E-state index in [2.05, 4.69) is 10.6 Å². The van der Waals surface area contributed by atoms with Gasteiger partial charge in [-0.1, -0.05) is 0 Å². The second kappa shape index (κ2) is 7.53. The number of rotatable bonds is 4. The van der Waals surface area contributed by atoms with Gasteiger partial charge in [-0.3, -0.25) is 9.69 Å². The van der Waals surface area contributed by atoms with Gasteiger partial charge in [0, 0.05) is 31.9 Å². The highest BCUT2D eigenvalue weighted by Crippen LogP contribution is 2.34. The van der Waals surface area contributed by atoms with Crippen LogP contribution in [0, 0.1) is 11.3 Å². The highest BCUT2D eigenvalue weighted by Gasteiger charge is 2.34. The van der Waals surface area contributed by atoms with Gasteiger partial charge in [0.05, 0.1) is 23.7 Å². The zero-order chi connectivity index (χ0) is 17.7. The van der Waals surface area contributed by atoms with Crippen molar-refractivity contribution in [2.75, 3.05) is 32.0 Å². The van der Waals surface area contributed by atoms with Crippen molar-refractivity contribution in [1.82, 2.24) is 10.2 Å². The van der Waals surface area contributed by atoms with Crippen LogP contribution in [0.3, 0.4) is 0 Å². The smallest absolute Gasteiger partial charge is 0.382 e. The fourth-order valence-electron chi connectivity index (χ4n) is 2.72. The molecule has 2 rings (SSSR count). The van der Waals surface area contributed by atoms with E-state index in [-0.39, 0.29) is 17.5 Å². The number of halogens is 3. The fraction of sp³-hybridized carbons (Fsp3) is 0.500.